The van der Waals surface area contributed by atoms with Crippen LogP contribution in [-0.2, 0) is 0 Å². The summed E-state index contributed by atoms with van der Waals surface area (Å²) in [6.45, 7) is 3.37. The quantitative estimate of drug-likeness (QED) is 0.734. The second kappa shape index (κ2) is 4.31. The maximum Gasteiger partial charge on any atom is 0.183 e. The molecule has 0 radical (unpaired) electrons. The van der Waals surface area contributed by atoms with Gasteiger partial charge in [0.2, 0.25) is 0 Å². The summed E-state index contributed by atoms with van der Waals surface area (Å²) in [7, 11) is 1.45. The number of rotatable bonds is 3. The van der Waals surface area contributed by atoms with Crippen LogP contribution in [0.25, 0.3) is 0 Å². The predicted molar refractivity (Wildman–Crippen MR) is 57.4 cm³/mol. The summed E-state index contributed by atoms with van der Waals surface area (Å²) in [5.74, 6) is -0.118. The lowest BCUT2D eigenvalue weighted by molar-refractivity contribution is 0.0964. The van der Waals surface area contributed by atoms with E-state index in [1.54, 1.807) is 26.0 Å². The summed E-state index contributed by atoms with van der Waals surface area (Å²) in [6, 6.07) is 2.64. The summed E-state index contributed by atoms with van der Waals surface area (Å²) >= 11 is 0. The van der Waals surface area contributed by atoms with E-state index in [1.807, 2.05) is 0 Å². The molecule has 0 fully saturated rings. The fraction of sp³-hybridized carbons (Fsp3) is 0.364. The number of hydrogen-bond acceptors (Lipinski definition) is 4. The zero-order chi connectivity index (χ0) is 11.6. The molecule has 1 aromatic rings. The van der Waals surface area contributed by atoms with Crippen molar-refractivity contribution in [1.82, 2.24) is 0 Å². The van der Waals surface area contributed by atoms with Gasteiger partial charge in [0.15, 0.2) is 17.3 Å². The Morgan fingerprint density at radius 3 is 2.60 bits per heavy atom. The van der Waals surface area contributed by atoms with Crippen molar-refractivity contribution < 1.29 is 14.6 Å². The van der Waals surface area contributed by atoms with Crippen molar-refractivity contribution in [3.8, 4) is 11.5 Å². The van der Waals surface area contributed by atoms with E-state index in [1.165, 1.54) is 7.11 Å². The van der Waals surface area contributed by atoms with E-state index in [2.05, 4.69) is 0 Å². The van der Waals surface area contributed by atoms with Crippen molar-refractivity contribution in [2.24, 2.45) is 5.73 Å². The number of ether oxygens (including phenoxy) is 1. The third-order valence-corrected chi connectivity index (χ3v) is 2.21. The van der Waals surface area contributed by atoms with E-state index in [0.717, 1.165) is 5.56 Å². The van der Waals surface area contributed by atoms with E-state index < -0.39 is 6.04 Å². The second-order valence-corrected chi connectivity index (χ2v) is 3.46. The van der Waals surface area contributed by atoms with Gasteiger partial charge in [-0.25, -0.2) is 0 Å². The average Bonchev–Trinajstić information content (AvgIpc) is 2.17. The van der Waals surface area contributed by atoms with Gasteiger partial charge < -0.3 is 15.6 Å². The van der Waals surface area contributed by atoms with Gasteiger partial charge in [-0.05, 0) is 25.5 Å². The van der Waals surface area contributed by atoms with Gasteiger partial charge in [0.05, 0.1) is 18.7 Å². The van der Waals surface area contributed by atoms with E-state index >= 15 is 0 Å². The van der Waals surface area contributed by atoms with Crippen molar-refractivity contribution in [3.05, 3.63) is 23.3 Å². The van der Waals surface area contributed by atoms with Crippen LogP contribution >= 0.6 is 0 Å². The predicted octanol–water partition coefficient (Wildman–Crippen LogP) is 1.24. The lowest BCUT2D eigenvalue weighted by Crippen LogP contribution is -2.26. The monoisotopic (exact) mass is 209 g/mol. The minimum Gasteiger partial charge on any atom is -0.504 e. The SMILES string of the molecule is COc1c(C)ccc(C(=O)C(C)N)c1O. The molecule has 0 aliphatic heterocycles. The first-order valence-corrected chi connectivity index (χ1v) is 4.65. The maximum absolute atomic E-state index is 11.6. The van der Waals surface area contributed by atoms with E-state index in [0.29, 0.717) is 5.75 Å². The normalized spacial score (nSPS) is 12.3. The first kappa shape index (κ1) is 11.5. The number of aromatic hydroxyl groups is 1. The minimum atomic E-state index is -0.636. The van der Waals surface area contributed by atoms with Gasteiger partial charge in [0.25, 0.3) is 0 Å². The summed E-state index contributed by atoms with van der Waals surface area (Å²) in [5.41, 5.74) is 6.44. The smallest absolute Gasteiger partial charge is 0.183 e. The van der Waals surface area contributed by atoms with Gasteiger partial charge in [0, 0.05) is 0 Å². The molecule has 0 amide bonds. The van der Waals surface area contributed by atoms with Crippen molar-refractivity contribution in [2.45, 2.75) is 19.9 Å². The number of carbonyl (C=O) groups excluding carboxylic acids is 1. The molecule has 0 spiro atoms. The van der Waals surface area contributed by atoms with Crippen molar-refractivity contribution in [2.75, 3.05) is 7.11 Å². The molecule has 3 N–H and O–H groups in total. The lowest BCUT2D eigenvalue weighted by atomic mass is 10.0. The van der Waals surface area contributed by atoms with Crippen LogP contribution in [0.4, 0.5) is 0 Å². The zero-order valence-electron chi connectivity index (χ0n) is 9.07. The number of carbonyl (C=O) groups is 1. The Kier molecular flexibility index (Phi) is 3.31. The molecule has 0 aliphatic carbocycles. The Bertz CT molecular complexity index is 386. The minimum absolute atomic E-state index is 0.139. The number of aryl methyl sites for hydroxylation is 1. The number of nitrogens with two attached hydrogens (primary N) is 1. The summed E-state index contributed by atoms with van der Waals surface area (Å²) in [4.78, 5) is 11.6. The Labute approximate surface area is 88.7 Å². The Morgan fingerprint density at radius 2 is 2.13 bits per heavy atom. The van der Waals surface area contributed by atoms with Gasteiger partial charge in [0.1, 0.15) is 0 Å². The van der Waals surface area contributed by atoms with Crippen LogP contribution in [0.1, 0.15) is 22.8 Å². The summed E-state index contributed by atoms with van der Waals surface area (Å²) in [5, 5.41) is 9.79. The van der Waals surface area contributed by atoms with Crippen LogP contribution in [0, 0.1) is 6.92 Å². The Balaban J connectivity index is 3.28. The summed E-state index contributed by atoms with van der Waals surface area (Å²) < 4.78 is 5.00. The molecule has 1 unspecified atom stereocenters. The average molecular weight is 209 g/mol. The number of hydrogen-bond donors (Lipinski definition) is 2. The highest BCUT2D eigenvalue weighted by atomic mass is 16.5. The molecule has 1 aromatic carbocycles. The topological polar surface area (TPSA) is 72.5 Å². The molecule has 0 bridgehead atoms. The Hall–Kier alpha value is -1.55. The fourth-order valence-electron chi connectivity index (χ4n) is 1.37. The highest BCUT2D eigenvalue weighted by Crippen LogP contribution is 2.33. The molecule has 0 saturated carbocycles. The molecule has 82 valence electrons. The van der Waals surface area contributed by atoms with Gasteiger partial charge in [-0.3, -0.25) is 4.79 Å². The van der Waals surface area contributed by atoms with Gasteiger partial charge >= 0.3 is 0 Å². The number of phenols is 1. The van der Waals surface area contributed by atoms with Gasteiger partial charge in [-0.2, -0.15) is 0 Å². The lowest BCUT2D eigenvalue weighted by Gasteiger charge is -2.11. The molecule has 4 heteroatoms. The third kappa shape index (κ3) is 2.10. The van der Waals surface area contributed by atoms with E-state index in [9.17, 15) is 9.90 Å². The fourth-order valence-corrected chi connectivity index (χ4v) is 1.37. The first-order valence-electron chi connectivity index (χ1n) is 4.65. The molecule has 1 atom stereocenters. The zero-order valence-corrected chi connectivity index (χ0v) is 9.07. The summed E-state index contributed by atoms with van der Waals surface area (Å²) in [6.07, 6.45) is 0. The Morgan fingerprint density at radius 1 is 1.53 bits per heavy atom. The number of Topliss-reactive ketones (excluding diaryl/α,β-unsaturated/α-hetero) is 1. The molecule has 0 saturated heterocycles. The first-order chi connectivity index (χ1) is 6.99. The molecule has 15 heavy (non-hydrogen) atoms. The number of benzene rings is 1. The molecule has 0 heterocycles. The van der Waals surface area contributed by atoms with E-state index in [4.69, 9.17) is 10.5 Å². The number of methoxy groups -OCH3 is 1. The van der Waals surface area contributed by atoms with Crippen LogP contribution in [0.2, 0.25) is 0 Å². The van der Waals surface area contributed by atoms with Crippen LogP contribution in [0.3, 0.4) is 0 Å². The number of phenolic OH excluding ortho intramolecular Hbond substituents is 1. The molecular weight excluding hydrogens is 194 g/mol. The largest absolute Gasteiger partial charge is 0.504 e. The van der Waals surface area contributed by atoms with E-state index in [-0.39, 0.29) is 17.1 Å². The second-order valence-electron chi connectivity index (χ2n) is 3.46. The highest BCUT2D eigenvalue weighted by Gasteiger charge is 2.19. The molecule has 4 nitrogen and oxygen atoms in total. The molecule has 0 aromatic heterocycles. The van der Waals surface area contributed by atoms with Crippen molar-refractivity contribution in [1.29, 1.82) is 0 Å². The maximum atomic E-state index is 11.6. The number of ketones is 1. The van der Waals surface area contributed by atoms with Crippen molar-refractivity contribution in [3.63, 3.8) is 0 Å². The van der Waals surface area contributed by atoms with Crippen molar-refractivity contribution >= 4 is 5.78 Å². The van der Waals surface area contributed by atoms with Crippen LogP contribution in [0.15, 0.2) is 12.1 Å². The highest BCUT2D eigenvalue weighted by molar-refractivity contribution is 6.02. The molecule has 0 aliphatic rings. The van der Waals surface area contributed by atoms with Crippen LogP contribution in [0.5, 0.6) is 11.5 Å². The van der Waals surface area contributed by atoms with Gasteiger partial charge in [-0.15, -0.1) is 0 Å². The van der Waals surface area contributed by atoms with Crippen LogP contribution in [-0.4, -0.2) is 24.0 Å². The third-order valence-electron chi connectivity index (χ3n) is 2.21. The molecular formula is C11H15NO3. The van der Waals surface area contributed by atoms with Gasteiger partial charge in [-0.1, -0.05) is 6.07 Å². The molecule has 1 rings (SSSR count). The van der Waals surface area contributed by atoms with Crippen LogP contribution < -0.4 is 10.5 Å². The standard InChI is InChI=1S/C11H15NO3/c1-6-4-5-8(9(13)7(2)12)10(14)11(6)15-3/h4-5,7,14H,12H2,1-3H3.